The Balaban J connectivity index is 1.61. The van der Waals surface area contributed by atoms with Gasteiger partial charge >= 0.3 is 0 Å². The van der Waals surface area contributed by atoms with Gasteiger partial charge in [0.1, 0.15) is 5.82 Å². The second-order valence-electron chi connectivity index (χ2n) is 7.23. The van der Waals surface area contributed by atoms with Gasteiger partial charge in [0.25, 0.3) is 5.91 Å². The van der Waals surface area contributed by atoms with Crippen LogP contribution in [0, 0.1) is 5.82 Å². The van der Waals surface area contributed by atoms with E-state index in [2.05, 4.69) is 0 Å². The van der Waals surface area contributed by atoms with Gasteiger partial charge in [-0.25, -0.2) is 12.8 Å². The number of hydrogen-bond donors (Lipinski definition) is 0. The lowest BCUT2D eigenvalue weighted by molar-refractivity contribution is 0.0993. The fourth-order valence-corrected chi connectivity index (χ4v) is 6.35. The number of carbonyl (C=O) groups is 1. The molecule has 162 valence electrons. The molecule has 0 saturated heterocycles. The Morgan fingerprint density at radius 3 is 2.55 bits per heavy atom. The molecule has 4 rings (SSSR count). The van der Waals surface area contributed by atoms with Crippen molar-refractivity contribution in [1.82, 2.24) is 4.31 Å². The summed E-state index contributed by atoms with van der Waals surface area (Å²) in [6, 6.07) is 14.9. The molecule has 2 heterocycles. The van der Waals surface area contributed by atoms with Crippen LogP contribution in [0.4, 0.5) is 10.1 Å². The second-order valence-corrected chi connectivity index (χ2v) is 10.3. The average molecular weight is 459 g/mol. The van der Waals surface area contributed by atoms with Crippen molar-refractivity contribution in [2.75, 3.05) is 24.5 Å². The Morgan fingerprint density at radius 2 is 1.84 bits per heavy atom. The van der Waals surface area contributed by atoms with Gasteiger partial charge in [0.15, 0.2) is 0 Å². The van der Waals surface area contributed by atoms with Crippen LogP contribution in [0.1, 0.15) is 29.1 Å². The first-order valence-electron chi connectivity index (χ1n) is 10.2. The molecule has 2 aromatic carbocycles. The minimum absolute atomic E-state index is 0.161. The van der Waals surface area contributed by atoms with Crippen LogP contribution >= 0.6 is 11.3 Å². The number of thiophene rings is 1. The van der Waals surface area contributed by atoms with Gasteiger partial charge in [-0.1, -0.05) is 32.0 Å². The van der Waals surface area contributed by atoms with E-state index in [4.69, 9.17) is 0 Å². The number of sulfonamides is 1. The summed E-state index contributed by atoms with van der Waals surface area (Å²) in [6.07, 6.45) is 0.591. The minimum Gasteiger partial charge on any atom is -0.307 e. The molecule has 31 heavy (non-hydrogen) atoms. The standard InChI is InChI=1S/C23H23FN2O3S2/c1-3-25(4-2)31(28,29)17-9-10-20-16(15-17)13-14-26(20)23(27)22-12-11-21(30-22)18-7-5-6-8-19(18)24/h5-12,15H,3-4,13-14H2,1-2H3. The molecule has 1 aromatic heterocycles. The van der Waals surface area contributed by atoms with E-state index in [-0.39, 0.29) is 16.6 Å². The zero-order chi connectivity index (χ0) is 22.2. The van der Waals surface area contributed by atoms with E-state index < -0.39 is 10.0 Å². The molecule has 8 heteroatoms. The van der Waals surface area contributed by atoms with Crippen LogP contribution in [-0.2, 0) is 16.4 Å². The molecule has 0 radical (unpaired) electrons. The molecule has 1 aliphatic heterocycles. The van der Waals surface area contributed by atoms with Gasteiger partial charge in [0, 0.05) is 35.8 Å². The minimum atomic E-state index is -3.55. The van der Waals surface area contributed by atoms with Crippen molar-refractivity contribution in [2.45, 2.75) is 25.2 Å². The quantitative estimate of drug-likeness (QED) is 0.534. The fraction of sp³-hybridized carbons (Fsp3) is 0.261. The Morgan fingerprint density at radius 1 is 1.10 bits per heavy atom. The molecule has 3 aromatic rings. The summed E-state index contributed by atoms with van der Waals surface area (Å²) in [7, 11) is -3.55. The van der Waals surface area contributed by atoms with Crippen LogP contribution in [0.5, 0.6) is 0 Å². The molecule has 0 bridgehead atoms. The maximum Gasteiger partial charge on any atom is 0.268 e. The Kier molecular flexibility index (Phi) is 5.96. The molecular weight excluding hydrogens is 435 g/mol. The van der Waals surface area contributed by atoms with E-state index >= 15 is 0 Å². The topological polar surface area (TPSA) is 57.7 Å². The lowest BCUT2D eigenvalue weighted by Crippen LogP contribution is -2.30. The first-order valence-corrected chi connectivity index (χ1v) is 12.4. The predicted molar refractivity (Wildman–Crippen MR) is 122 cm³/mol. The summed E-state index contributed by atoms with van der Waals surface area (Å²) in [5.41, 5.74) is 2.04. The van der Waals surface area contributed by atoms with E-state index in [1.165, 1.54) is 21.7 Å². The van der Waals surface area contributed by atoms with Crippen LogP contribution in [0.15, 0.2) is 59.5 Å². The normalized spacial score (nSPS) is 13.6. The third kappa shape index (κ3) is 3.91. The second kappa shape index (κ2) is 8.53. The molecule has 0 unspecified atom stereocenters. The zero-order valence-corrected chi connectivity index (χ0v) is 19.0. The van der Waals surface area contributed by atoms with Crippen LogP contribution in [-0.4, -0.2) is 38.3 Å². The van der Waals surface area contributed by atoms with Crippen molar-refractivity contribution in [3.63, 3.8) is 0 Å². The zero-order valence-electron chi connectivity index (χ0n) is 17.3. The maximum absolute atomic E-state index is 14.1. The summed E-state index contributed by atoms with van der Waals surface area (Å²) >= 11 is 1.25. The van der Waals surface area contributed by atoms with Crippen LogP contribution < -0.4 is 4.90 Å². The van der Waals surface area contributed by atoms with Crippen molar-refractivity contribution in [1.29, 1.82) is 0 Å². The molecule has 1 aliphatic rings. The smallest absolute Gasteiger partial charge is 0.268 e. The highest BCUT2D eigenvalue weighted by molar-refractivity contribution is 7.89. The molecule has 0 fully saturated rings. The van der Waals surface area contributed by atoms with Crippen molar-refractivity contribution in [3.8, 4) is 10.4 Å². The molecule has 1 amide bonds. The summed E-state index contributed by atoms with van der Waals surface area (Å²) in [4.78, 5) is 16.3. The Bertz CT molecular complexity index is 1230. The number of fused-ring (bicyclic) bond motifs is 1. The fourth-order valence-electron chi connectivity index (χ4n) is 3.85. The molecule has 0 spiro atoms. The molecule has 0 aliphatic carbocycles. The molecule has 0 N–H and O–H groups in total. The average Bonchev–Trinajstić information content (AvgIpc) is 3.41. The van der Waals surface area contributed by atoms with E-state index in [1.807, 2.05) is 13.8 Å². The number of hydrogen-bond acceptors (Lipinski definition) is 4. The number of rotatable bonds is 6. The van der Waals surface area contributed by atoms with Crippen LogP contribution in [0.25, 0.3) is 10.4 Å². The molecule has 0 atom stereocenters. The SMILES string of the molecule is CCN(CC)S(=O)(=O)c1ccc2c(c1)CCN2C(=O)c1ccc(-c2ccccc2F)s1. The van der Waals surface area contributed by atoms with Crippen molar-refractivity contribution < 1.29 is 17.6 Å². The van der Waals surface area contributed by atoms with Gasteiger partial charge in [-0.3, -0.25) is 4.79 Å². The predicted octanol–water partition coefficient (Wildman–Crippen LogP) is 4.79. The van der Waals surface area contributed by atoms with Crippen molar-refractivity contribution in [2.24, 2.45) is 0 Å². The van der Waals surface area contributed by atoms with Crippen molar-refractivity contribution in [3.05, 3.63) is 70.9 Å². The number of amides is 1. The third-order valence-electron chi connectivity index (χ3n) is 5.49. The van der Waals surface area contributed by atoms with E-state index in [1.54, 1.807) is 53.4 Å². The van der Waals surface area contributed by atoms with Gasteiger partial charge in [-0.05, 0) is 48.4 Å². The first kappa shape index (κ1) is 21.7. The van der Waals surface area contributed by atoms with Gasteiger partial charge in [-0.15, -0.1) is 11.3 Å². The number of anilines is 1. The summed E-state index contributed by atoms with van der Waals surface area (Å²) < 4.78 is 41.1. The lowest BCUT2D eigenvalue weighted by Gasteiger charge is -2.20. The number of halogens is 1. The summed E-state index contributed by atoms with van der Waals surface area (Å²) in [5.74, 6) is -0.484. The van der Waals surface area contributed by atoms with E-state index in [9.17, 15) is 17.6 Å². The molecule has 5 nitrogen and oxygen atoms in total. The number of carbonyl (C=O) groups excluding carboxylic acids is 1. The number of nitrogens with zero attached hydrogens (tertiary/aromatic N) is 2. The maximum atomic E-state index is 14.1. The third-order valence-corrected chi connectivity index (χ3v) is 8.64. The summed E-state index contributed by atoms with van der Waals surface area (Å²) in [6.45, 7) is 4.92. The van der Waals surface area contributed by atoms with Crippen molar-refractivity contribution >= 4 is 33.0 Å². The highest BCUT2D eigenvalue weighted by Crippen LogP contribution is 2.35. The number of benzene rings is 2. The largest absolute Gasteiger partial charge is 0.307 e. The molecular formula is C23H23FN2O3S2. The van der Waals surface area contributed by atoms with Gasteiger partial charge in [0.05, 0.1) is 9.77 Å². The monoisotopic (exact) mass is 458 g/mol. The highest BCUT2D eigenvalue weighted by atomic mass is 32.2. The molecule has 0 saturated carbocycles. The van der Waals surface area contributed by atoms with E-state index in [0.29, 0.717) is 41.4 Å². The van der Waals surface area contributed by atoms with Gasteiger partial charge in [-0.2, -0.15) is 4.31 Å². The Labute approximate surface area is 185 Å². The van der Waals surface area contributed by atoms with Crippen LogP contribution in [0.2, 0.25) is 0 Å². The first-order chi connectivity index (χ1) is 14.9. The lowest BCUT2D eigenvalue weighted by atomic mass is 10.2. The van der Waals surface area contributed by atoms with E-state index in [0.717, 1.165) is 11.3 Å². The highest BCUT2D eigenvalue weighted by Gasteiger charge is 2.29. The van der Waals surface area contributed by atoms with Gasteiger partial charge < -0.3 is 4.90 Å². The van der Waals surface area contributed by atoms with Gasteiger partial charge in [0.2, 0.25) is 10.0 Å². The Hall–Kier alpha value is -2.55. The van der Waals surface area contributed by atoms with Crippen LogP contribution in [0.3, 0.4) is 0 Å². The summed E-state index contributed by atoms with van der Waals surface area (Å²) in [5, 5.41) is 0.